The van der Waals surface area contributed by atoms with Crippen LogP contribution in [0.1, 0.15) is 22.8 Å². The summed E-state index contributed by atoms with van der Waals surface area (Å²) < 4.78 is 16.5. The highest BCUT2D eigenvalue weighted by atomic mass is 16.6. The first kappa shape index (κ1) is 26.2. The number of ether oxygens (including phenoxy) is 3. The molecule has 2 atom stereocenters. The van der Waals surface area contributed by atoms with Crippen molar-refractivity contribution in [1.29, 1.82) is 0 Å². The Hall–Kier alpha value is -4.37. The van der Waals surface area contributed by atoms with Gasteiger partial charge in [0.25, 0.3) is 0 Å². The van der Waals surface area contributed by atoms with Crippen molar-refractivity contribution >= 4 is 23.6 Å². The summed E-state index contributed by atoms with van der Waals surface area (Å²) >= 11 is 0. The summed E-state index contributed by atoms with van der Waals surface area (Å²) in [6, 6.07) is 23.1. The molecule has 0 aliphatic carbocycles. The van der Waals surface area contributed by atoms with E-state index in [9.17, 15) is 14.4 Å². The minimum atomic E-state index is -0.847. The van der Waals surface area contributed by atoms with Gasteiger partial charge < -0.3 is 24.4 Å². The minimum absolute atomic E-state index is 0.133. The van der Waals surface area contributed by atoms with Gasteiger partial charge in [-0.25, -0.2) is 4.79 Å². The van der Waals surface area contributed by atoms with Crippen LogP contribution < -0.4 is 10.1 Å². The lowest BCUT2D eigenvalue weighted by Crippen LogP contribution is -2.51. The molecule has 9 heteroatoms. The van der Waals surface area contributed by atoms with E-state index in [4.69, 9.17) is 14.2 Å². The Kier molecular flexibility index (Phi) is 8.07. The number of amides is 3. The van der Waals surface area contributed by atoms with Gasteiger partial charge in [-0.3, -0.25) is 14.5 Å². The van der Waals surface area contributed by atoms with Crippen LogP contribution in [0.15, 0.2) is 78.9 Å². The van der Waals surface area contributed by atoms with Crippen LogP contribution in [0.4, 0.5) is 10.5 Å². The lowest BCUT2D eigenvalue weighted by molar-refractivity contribution is -0.141. The molecule has 2 heterocycles. The van der Waals surface area contributed by atoms with Crippen LogP contribution in [0.2, 0.25) is 0 Å². The number of hydrogen-bond acceptors (Lipinski definition) is 6. The Labute approximate surface area is 227 Å². The third kappa shape index (κ3) is 6.21. The van der Waals surface area contributed by atoms with Crippen molar-refractivity contribution in [1.82, 2.24) is 9.80 Å². The van der Waals surface area contributed by atoms with Crippen LogP contribution in [0.25, 0.3) is 0 Å². The zero-order chi connectivity index (χ0) is 27.2. The Balaban J connectivity index is 1.35. The van der Waals surface area contributed by atoms with E-state index in [2.05, 4.69) is 5.32 Å². The van der Waals surface area contributed by atoms with Crippen molar-refractivity contribution in [3.05, 3.63) is 95.6 Å². The summed E-state index contributed by atoms with van der Waals surface area (Å²) in [6.07, 6.45) is -1.10. The molecule has 39 heavy (non-hydrogen) atoms. The summed E-state index contributed by atoms with van der Waals surface area (Å²) in [5.41, 5.74) is 3.03. The molecule has 0 radical (unpaired) electrons. The van der Waals surface area contributed by atoms with Crippen molar-refractivity contribution in [3.63, 3.8) is 0 Å². The predicted molar refractivity (Wildman–Crippen MR) is 144 cm³/mol. The third-order valence-electron chi connectivity index (χ3n) is 6.88. The molecule has 2 aliphatic heterocycles. The highest BCUT2D eigenvalue weighted by Gasteiger charge is 2.48. The second-order valence-electron chi connectivity index (χ2n) is 9.50. The minimum Gasteiger partial charge on any atom is -0.497 e. The van der Waals surface area contributed by atoms with E-state index in [1.165, 1.54) is 4.90 Å². The SMILES string of the molecule is COc1cccc(CN2C(=O)OC(c3ccc(NC(=O)Cc4ccccc4)cc3)C2C(=O)N2CCOCC2)c1. The van der Waals surface area contributed by atoms with Crippen LogP contribution in [-0.2, 0) is 32.0 Å². The molecule has 3 amide bonds. The number of hydrogen-bond donors (Lipinski definition) is 1. The van der Waals surface area contributed by atoms with Gasteiger partial charge in [0.2, 0.25) is 11.8 Å². The van der Waals surface area contributed by atoms with E-state index in [0.717, 1.165) is 11.1 Å². The van der Waals surface area contributed by atoms with Crippen LogP contribution in [0.3, 0.4) is 0 Å². The molecule has 3 aromatic carbocycles. The van der Waals surface area contributed by atoms with Crippen molar-refractivity contribution in [2.45, 2.75) is 25.1 Å². The van der Waals surface area contributed by atoms with Gasteiger partial charge in [-0.2, -0.15) is 0 Å². The molecular formula is C30H31N3O6. The molecule has 5 rings (SSSR count). The fourth-order valence-corrected chi connectivity index (χ4v) is 4.87. The average molecular weight is 530 g/mol. The number of anilines is 1. The summed E-state index contributed by atoms with van der Waals surface area (Å²) in [7, 11) is 1.58. The van der Waals surface area contributed by atoms with Gasteiger partial charge >= 0.3 is 6.09 Å². The number of carbonyl (C=O) groups excluding carboxylic acids is 3. The number of cyclic esters (lactones) is 1. The number of morpholine rings is 1. The highest BCUT2D eigenvalue weighted by molar-refractivity contribution is 5.92. The molecule has 0 bridgehead atoms. The van der Waals surface area contributed by atoms with E-state index in [1.54, 1.807) is 36.3 Å². The number of rotatable bonds is 8. The monoisotopic (exact) mass is 529 g/mol. The molecule has 0 saturated carbocycles. The maximum absolute atomic E-state index is 13.8. The molecule has 0 aromatic heterocycles. The largest absolute Gasteiger partial charge is 0.497 e. The number of nitrogens with one attached hydrogen (secondary N) is 1. The number of methoxy groups -OCH3 is 1. The van der Waals surface area contributed by atoms with Gasteiger partial charge in [-0.15, -0.1) is 0 Å². The fourth-order valence-electron chi connectivity index (χ4n) is 4.87. The standard InChI is InChI=1S/C30H31N3O6/c1-37-25-9-5-8-22(18-25)20-33-27(29(35)32-14-16-38-17-15-32)28(39-30(33)36)23-10-12-24(13-11-23)31-26(34)19-21-6-3-2-4-7-21/h2-13,18,27-28H,14-17,19-20H2,1H3,(H,31,34). The Morgan fingerprint density at radius 1 is 0.949 bits per heavy atom. The second-order valence-corrected chi connectivity index (χ2v) is 9.50. The summed E-state index contributed by atoms with van der Waals surface area (Å²) in [5.74, 6) is 0.348. The lowest BCUT2D eigenvalue weighted by atomic mass is 9.99. The van der Waals surface area contributed by atoms with Crippen molar-refractivity contribution in [2.75, 3.05) is 38.7 Å². The molecule has 2 unspecified atom stereocenters. The smallest absolute Gasteiger partial charge is 0.411 e. The van der Waals surface area contributed by atoms with Crippen LogP contribution in [-0.4, -0.2) is 67.2 Å². The van der Waals surface area contributed by atoms with Crippen molar-refractivity contribution in [3.8, 4) is 5.75 Å². The molecule has 9 nitrogen and oxygen atoms in total. The molecule has 3 aromatic rings. The molecule has 2 aliphatic rings. The zero-order valence-electron chi connectivity index (χ0n) is 21.7. The Morgan fingerprint density at radius 3 is 2.38 bits per heavy atom. The fraction of sp³-hybridized carbons (Fsp3) is 0.300. The van der Waals surface area contributed by atoms with Crippen molar-refractivity contribution in [2.24, 2.45) is 0 Å². The van der Waals surface area contributed by atoms with Gasteiger partial charge in [0.05, 0.1) is 33.3 Å². The molecule has 2 fully saturated rings. The van der Waals surface area contributed by atoms with Gasteiger partial charge in [0.15, 0.2) is 12.1 Å². The number of nitrogens with zero attached hydrogens (tertiary/aromatic N) is 2. The first-order valence-electron chi connectivity index (χ1n) is 12.9. The van der Waals surface area contributed by atoms with E-state index >= 15 is 0 Å². The highest BCUT2D eigenvalue weighted by Crippen LogP contribution is 2.36. The second kappa shape index (κ2) is 12.0. The number of carbonyl (C=O) groups is 3. The van der Waals surface area contributed by atoms with Crippen molar-refractivity contribution < 1.29 is 28.6 Å². The van der Waals surface area contributed by atoms with Gasteiger partial charge in [-0.05, 0) is 41.0 Å². The summed E-state index contributed by atoms with van der Waals surface area (Å²) in [6.45, 7) is 2.00. The predicted octanol–water partition coefficient (Wildman–Crippen LogP) is 3.80. The molecule has 1 N–H and O–H groups in total. The first-order valence-corrected chi connectivity index (χ1v) is 12.9. The van der Waals surface area contributed by atoms with Gasteiger partial charge in [0, 0.05) is 18.8 Å². The molecule has 202 valence electrons. The first-order chi connectivity index (χ1) is 19.0. The quantitative estimate of drug-likeness (QED) is 0.477. The maximum atomic E-state index is 13.8. The maximum Gasteiger partial charge on any atom is 0.411 e. The molecule has 2 saturated heterocycles. The zero-order valence-corrected chi connectivity index (χ0v) is 21.7. The van der Waals surface area contributed by atoms with Crippen LogP contribution >= 0.6 is 0 Å². The lowest BCUT2D eigenvalue weighted by Gasteiger charge is -2.33. The van der Waals surface area contributed by atoms with E-state index in [1.807, 2.05) is 54.6 Å². The molecular weight excluding hydrogens is 498 g/mol. The van der Waals surface area contributed by atoms with Crippen LogP contribution in [0.5, 0.6) is 5.75 Å². The van der Waals surface area contributed by atoms with E-state index in [-0.39, 0.29) is 24.8 Å². The molecule has 0 spiro atoms. The Morgan fingerprint density at radius 2 is 1.67 bits per heavy atom. The normalized spacial score (nSPS) is 18.9. The van der Waals surface area contributed by atoms with Gasteiger partial charge in [0.1, 0.15) is 5.75 Å². The van der Waals surface area contributed by atoms with E-state index < -0.39 is 18.2 Å². The average Bonchev–Trinajstić information content (AvgIpc) is 3.29. The summed E-state index contributed by atoms with van der Waals surface area (Å²) in [4.78, 5) is 42.6. The Bertz CT molecular complexity index is 1310. The van der Waals surface area contributed by atoms with Crippen LogP contribution in [0, 0.1) is 0 Å². The van der Waals surface area contributed by atoms with E-state index in [0.29, 0.717) is 43.3 Å². The topological polar surface area (TPSA) is 97.4 Å². The third-order valence-corrected chi connectivity index (χ3v) is 6.88. The number of benzene rings is 3. The van der Waals surface area contributed by atoms with Gasteiger partial charge in [-0.1, -0.05) is 54.6 Å². The summed E-state index contributed by atoms with van der Waals surface area (Å²) in [5, 5.41) is 2.90.